The van der Waals surface area contributed by atoms with Crippen LogP contribution in [0.2, 0.25) is 0 Å². The number of carboxylic acid groups (broad SMARTS) is 1. The number of carbonyl (C=O) groups excluding carboxylic acids is 2. The average molecular weight is 292 g/mol. The standard InChI is InChI=1S/C14H16N2O5/c1-21-10-4-2-8(3-5-10)12(14(19)20)16-7-9(13(15)18)6-11(16)17/h2-5,9,12H,6-7H2,1H3,(H2,15,18)(H,19,20). The molecule has 1 heterocycles. The second-order valence-corrected chi connectivity index (χ2v) is 4.86. The second-order valence-electron chi connectivity index (χ2n) is 4.86. The molecule has 112 valence electrons. The average Bonchev–Trinajstić information content (AvgIpc) is 2.82. The van der Waals surface area contributed by atoms with Crippen LogP contribution in [0.1, 0.15) is 18.0 Å². The van der Waals surface area contributed by atoms with Crippen LogP contribution < -0.4 is 10.5 Å². The Kier molecular flexibility index (Phi) is 4.11. The largest absolute Gasteiger partial charge is 0.497 e. The van der Waals surface area contributed by atoms with E-state index in [-0.39, 0.29) is 18.9 Å². The molecule has 1 saturated heterocycles. The molecule has 0 aliphatic carbocycles. The van der Waals surface area contributed by atoms with Gasteiger partial charge in [0.15, 0.2) is 6.04 Å². The summed E-state index contributed by atoms with van der Waals surface area (Å²) in [5.74, 6) is -2.19. The summed E-state index contributed by atoms with van der Waals surface area (Å²) in [5.41, 5.74) is 5.64. The minimum atomic E-state index is -1.15. The number of carbonyl (C=O) groups is 3. The number of methoxy groups -OCH3 is 1. The predicted molar refractivity (Wildman–Crippen MR) is 72.4 cm³/mol. The van der Waals surface area contributed by atoms with E-state index < -0.39 is 23.8 Å². The van der Waals surface area contributed by atoms with Gasteiger partial charge in [0.1, 0.15) is 5.75 Å². The van der Waals surface area contributed by atoms with Crippen LogP contribution in [0.3, 0.4) is 0 Å². The van der Waals surface area contributed by atoms with E-state index in [1.165, 1.54) is 12.0 Å². The van der Waals surface area contributed by atoms with Crippen LogP contribution in [-0.4, -0.2) is 41.4 Å². The van der Waals surface area contributed by atoms with Crippen LogP contribution in [0.25, 0.3) is 0 Å². The van der Waals surface area contributed by atoms with Crippen molar-refractivity contribution >= 4 is 17.8 Å². The second kappa shape index (κ2) is 5.82. The molecule has 0 saturated carbocycles. The molecule has 0 bridgehead atoms. The molecule has 1 fully saturated rings. The van der Waals surface area contributed by atoms with Crippen molar-refractivity contribution in [1.29, 1.82) is 0 Å². The van der Waals surface area contributed by atoms with Gasteiger partial charge in [-0.25, -0.2) is 4.79 Å². The van der Waals surface area contributed by atoms with E-state index >= 15 is 0 Å². The molecule has 7 nitrogen and oxygen atoms in total. The number of primary amides is 1. The fourth-order valence-corrected chi connectivity index (χ4v) is 2.41. The fourth-order valence-electron chi connectivity index (χ4n) is 2.41. The van der Waals surface area contributed by atoms with Gasteiger partial charge in [-0.3, -0.25) is 9.59 Å². The Morgan fingerprint density at radius 2 is 2.00 bits per heavy atom. The third-order valence-corrected chi connectivity index (χ3v) is 3.54. The van der Waals surface area contributed by atoms with E-state index in [0.717, 1.165) is 0 Å². The third-order valence-electron chi connectivity index (χ3n) is 3.54. The summed E-state index contributed by atoms with van der Waals surface area (Å²) in [6, 6.07) is 5.28. The van der Waals surface area contributed by atoms with Gasteiger partial charge in [0.05, 0.1) is 13.0 Å². The Balaban J connectivity index is 2.28. The van der Waals surface area contributed by atoms with E-state index in [0.29, 0.717) is 11.3 Å². The van der Waals surface area contributed by atoms with Gasteiger partial charge in [-0.15, -0.1) is 0 Å². The number of hydrogen-bond donors (Lipinski definition) is 2. The number of carboxylic acids is 1. The Morgan fingerprint density at radius 3 is 2.43 bits per heavy atom. The summed E-state index contributed by atoms with van der Waals surface area (Å²) in [6.07, 6.45) is -0.0464. The lowest BCUT2D eigenvalue weighted by Gasteiger charge is -2.25. The molecule has 21 heavy (non-hydrogen) atoms. The molecule has 2 amide bonds. The highest BCUT2D eigenvalue weighted by Gasteiger charge is 2.40. The number of rotatable bonds is 5. The number of amides is 2. The number of nitrogens with zero attached hydrogens (tertiary/aromatic N) is 1. The first-order valence-electron chi connectivity index (χ1n) is 6.39. The smallest absolute Gasteiger partial charge is 0.331 e. The van der Waals surface area contributed by atoms with Gasteiger partial charge in [-0.2, -0.15) is 0 Å². The van der Waals surface area contributed by atoms with Gasteiger partial charge in [0.25, 0.3) is 0 Å². The zero-order valence-corrected chi connectivity index (χ0v) is 11.5. The van der Waals surface area contributed by atoms with Crippen molar-refractivity contribution in [2.75, 3.05) is 13.7 Å². The Hall–Kier alpha value is -2.57. The molecule has 0 spiro atoms. The number of benzene rings is 1. The van der Waals surface area contributed by atoms with Crippen molar-refractivity contribution in [1.82, 2.24) is 4.90 Å². The number of ether oxygens (including phenoxy) is 1. The van der Waals surface area contributed by atoms with E-state index in [1.807, 2.05) is 0 Å². The molecule has 1 aromatic rings. The van der Waals surface area contributed by atoms with Crippen molar-refractivity contribution in [3.8, 4) is 5.75 Å². The molecule has 0 radical (unpaired) electrons. The maximum absolute atomic E-state index is 12.0. The molecule has 7 heteroatoms. The maximum atomic E-state index is 12.0. The number of aliphatic carboxylic acids is 1. The highest BCUT2D eigenvalue weighted by molar-refractivity contribution is 5.91. The fraction of sp³-hybridized carbons (Fsp3) is 0.357. The van der Waals surface area contributed by atoms with Crippen molar-refractivity contribution in [2.45, 2.75) is 12.5 Å². The first-order valence-corrected chi connectivity index (χ1v) is 6.39. The van der Waals surface area contributed by atoms with E-state index in [4.69, 9.17) is 10.5 Å². The lowest BCUT2D eigenvalue weighted by Crippen LogP contribution is -2.36. The van der Waals surface area contributed by atoms with Crippen molar-refractivity contribution in [2.24, 2.45) is 11.7 Å². The monoisotopic (exact) mass is 292 g/mol. The highest BCUT2D eigenvalue weighted by atomic mass is 16.5. The van der Waals surface area contributed by atoms with Crippen LogP contribution in [0, 0.1) is 5.92 Å². The SMILES string of the molecule is COc1ccc(C(C(=O)O)N2CC(C(N)=O)CC2=O)cc1. The topological polar surface area (TPSA) is 110 Å². The van der Waals surface area contributed by atoms with Crippen LogP contribution >= 0.6 is 0 Å². The number of hydrogen-bond acceptors (Lipinski definition) is 4. The van der Waals surface area contributed by atoms with Gasteiger partial charge in [0, 0.05) is 13.0 Å². The van der Waals surface area contributed by atoms with Crippen molar-refractivity contribution in [3.63, 3.8) is 0 Å². The normalized spacial score (nSPS) is 19.4. The van der Waals surface area contributed by atoms with E-state index in [2.05, 4.69) is 0 Å². The van der Waals surface area contributed by atoms with Crippen LogP contribution in [0.5, 0.6) is 5.75 Å². The summed E-state index contributed by atoms with van der Waals surface area (Å²) in [6.45, 7) is 0.0250. The molecule has 2 unspecified atom stereocenters. The van der Waals surface area contributed by atoms with Gasteiger partial charge in [-0.05, 0) is 17.7 Å². The lowest BCUT2D eigenvalue weighted by atomic mass is 10.1. The van der Waals surface area contributed by atoms with Gasteiger partial charge in [0.2, 0.25) is 11.8 Å². The number of nitrogens with two attached hydrogens (primary N) is 1. The zero-order chi connectivity index (χ0) is 15.6. The Morgan fingerprint density at radius 1 is 1.38 bits per heavy atom. The summed E-state index contributed by atoms with van der Waals surface area (Å²) in [5, 5.41) is 9.41. The third kappa shape index (κ3) is 2.96. The summed E-state index contributed by atoms with van der Waals surface area (Å²) in [4.78, 5) is 35.8. The number of likely N-dealkylation sites (tertiary alicyclic amines) is 1. The highest BCUT2D eigenvalue weighted by Crippen LogP contribution is 2.30. The van der Waals surface area contributed by atoms with Crippen LogP contribution in [0.15, 0.2) is 24.3 Å². The van der Waals surface area contributed by atoms with Crippen molar-refractivity contribution < 1.29 is 24.2 Å². The molecule has 2 rings (SSSR count). The molecule has 3 N–H and O–H groups in total. The summed E-state index contributed by atoms with van der Waals surface area (Å²) >= 11 is 0. The minimum absolute atomic E-state index is 0.0250. The van der Waals surface area contributed by atoms with E-state index in [1.54, 1.807) is 24.3 Å². The van der Waals surface area contributed by atoms with Gasteiger partial charge in [-0.1, -0.05) is 12.1 Å². The maximum Gasteiger partial charge on any atom is 0.331 e. The molecule has 0 aromatic heterocycles. The van der Waals surface area contributed by atoms with Gasteiger partial charge >= 0.3 is 5.97 Å². The van der Waals surface area contributed by atoms with Crippen LogP contribution in [-0.2, 0) is 14.4 Å². The van der Waals surface area contributed by atoms with Crippen molar-refractivity contribution in [3.05, 3.63) is 29.8 Å². The van der Waals surface area contributed by atoms with E-state index in [9.17, 15) is 19.5 Å². The molecule has 1 aliphatic heterocycles. The van der Waals surface area contributed by atoms with Gasteiger partial charge < -0.3 is 20.5 Å². The Bertz CT molecular complexity index is 569. The molecule has 1 aromatic carbocycles. The summed E-state index contributed by atoms with van der Waals surface area (Å²) < 4.78 is 5.02. The van der Waals surface area contributed by atoms with Crippen LogP contribution in [0.4, 0.5) is 0 Å². The lowest BCUT2D eigenvalue weighted by molar-refractivity contribution is -0.148. The predicted octanol–water partition coefficient (Wildman–Crippen LogP) is 0.155. The first-order chi connectivity index (χ1) is 9.93. The molecule has 2 atom stereocenters. The molecule has 1 aliphatic rings. The quantitative estimate of drug-likeness (QED) is 0.803. The Labute approximate surface area is 121 Å². The minimum Gasteiger partial charge on any atom is -0.497 e. The first kappa shape index (κ1) is 14.8. The molecular formula is C14H16N2O5. The zero-order valence-electron chi connectivity index (χ0n) is 11.5. The molecular weight excluding hydrogens is 276 g/mol. The summed E-state index contributed by atoms with van der Waals surface area (Å²) in [7, 11) is 1.51.